The molecule has 0 radical (unpaired) electrons. The number of benzene rings is 1. The maximum atomic E-state index is 4.51. The standard InChI is InChI=1S/C22H24N4/c1-15-5-4-6-20(13-15)19-9-7-18(8-10-19)11-12-26-22-16(2)24-17(3)25-21(22)14-23-26/h4-10,14-15H,11-13H2,1-3H3. The number of hydrogen-bond acceptors (Lipinski definition) is 3. The third-order valence-electron chi connectivity index (χ3n) is 4.99. The second-order valence-corrected chi connectivity index (χ2v) is 7.16. The predicted octanol–water partition coefficient (Wildman–Crippen LogP) is 4.67. The van der Waals surface area contributed by atoms with Crippen LogP contribution in [0.15, 0.2) is 48.7 Å². The molecule has 0 aliphatic heterocycles. The Balaban J connectivity index is 1.49. The number of rotatable bonds is 4. The molecular formula is C22H24N4. The van der Waals surface area contributed by atoms with Gasteiger partial charge in [0.25, 0.3) is 0 Å². The highest BCUT2D eigenvalue weighted by molar-refractivity contribution is 5.76. The Hall–Kier alpha value is -2.75. The van der Waals surface area contributed by atoms with Gasteiger partial charge in [-0.15, -0.1) is 0 Å². The van der Waals surface area contributed by atoms with E-state index in [-0.39, 0.29) is 0 Å². The van der Waals surface area contributed by atoms with Gasteiger partial charge in [-0.1, -0.05) is 49.4 Å². The number of fused-ring (bicyclic) bond motifs is 1. The highest BCUT2D eigenvalue weighted by atomic mass is 15.3. The molecule has 0 amide bonds. The van der Waals surface area contributed by atoms with E-state index in [1.54, 1.807) is 0 Å². The molecule has 1 aliphatic rings. The average Bonchev–Trinajstić information content (AvgIpc) is 3.03. The summed E-state index contributed by atoms with van der Waals surface area (Å²) in [5.74, 6) is 1.42. The summed E-state index contributed by atoms with van der Waals surface area (Å²) in [6.45, 7) is 7.04. The van der Waals surface area contributed by atoms with Gasteiger partial charge in [-0.25, -0.2) is 9.97 Å². The van der Waals surface area contributed by atoms with Crippen molar-refractivity contribution in [1.29, 1.82) is 0 Å². The molecule has 0 saturated heterocycles. The van der Waals surface area contributed by atoms with Gasteiger partial charge in [0.2, 0.25) is 0 Å². The molecule has 1 aromatic carbocycles. The molecule has 0 N–H and O–H groups in total. The molecule has 26 heavy (non-hydrogen) atoms. The van der Waals surface area contributed by atoms with Crippen LogP contribution in [0.1, 0.15) is 36.0 Å². The van der Waals surface area contributed by atoms with Crippen LogP contribution in [0.4, 0.5) is 0 Å². The normalized spacial score (nSPS) is 16.9. The van der Waals surface area contributed by atoms with Crippen molar-refractivity contribution in [1.82, 2.24) is 19.7 Å². The Morgan fingerprint density at radius 2 is 1.92 bits per heavy atom. The SMILES string of the molecule is Cc1nc(C)c2c(cnn2CCc2ccc(C3=CC=CC(C)C3)cc2)n1. The van der Waals surface area contributed by atoms with Crippen molar-refractivity contribution in [3.8, 4) is 0 Å². The zero-order valence-electron chi connectivity index (χ0n) is 15.6. The van der Waals surface area contributed by atoms with E-state index >= 15 is 0 Å². The molecular weight excluding hydrogens is 320 g/mol. The lowest BCUT2D eigenvalue weighted by Gasteiger charge is -2.15. The van der Waals surface area contributed by atoms with Crippen molar-refractivity contribution < 1.29 is 0 Å². The van der Waals surface area contributed by atoms with Crippen LogP contribution in [0.3, 0.4) is 0 Å². The lowest BCUT2D eigenvalue weighted by Crippen LogP contribution is -2.05. The van der Waals surface area contributed by atoms with Crippen LogP contribution in [0.5, 0.6) is 0 Å². The molecule has 3 aromatic rings. The van der Waals surface area contributed by atoms with Crippen LogP contribution >= 0.6 is 0 Å². The Morgan fingerprint density at radius 1 is 1.12 bits per heavy atom. The Labute approximate surface area is 154 Å². The van der Waals surface area contributed by atoms with Gasteiger partial charge in [0.1, 0.15) is 16.9 Å². The fourth-order valence-electron chi connectivity index (χ4n) is 3.67. The molecule has 4 heteroatoms. The van der Waals surface area contributed by atoms with Crippen LogP contribution in [-0.4, -0.2) is 19.7 Å². The molecule has 0 fully saturated rings. The molecule has 1 aliphatic carbocycles. The van der Waals surface area contributed by atoms with Crippen LogP contribution in [0.25, 0.3) is 16.6 Å². The summed E-state index contributed by atoms with van der Waals surface area (Å²) < 4.78 is 2.02. The number of allylic oxidation sites excluding steroid dienone is 4. The summed E-state index contributed by atoms with van der Waals surface area (Å²) in [6.07, 6.45) is 10.6. The molecule has 0 spiro atoms. The molecule has 1 unspecified atom stereocenters. The first kappa shape index (κ1) is 16.7. The molecule has 2 aromatic heterocycles. The fourth-order valence-corrected chi connectivity index (χ4v) is 3.67. The first-order valence-corrected chi connectivity index (χ1v) is 9.23. The van der Waals surface area contributed by atoms with E-state index in [4.69, 9.17) is 0 Å². The first-order valence-electron chi connectivity index (χ1n) is 9.23. The largest absolute Gasteiger partial charge is 0.261 e. The van der Waals surface area contributed by atoms with Gasteiger partial charge in [-0.2, -0.15) is 5.10 Å². The molecule has 4 rings (SSSR count). The van der Waals surface area contributed by atoms with Gasteiger partial charge in [-0.05, 0) is 49.3 Å². The quantitative estimate of drug-likeness (QED) is 0.691. The lowest BCUT2D eigenvalue weighted by molar-refractivity contribution is 0.633. The number of aromatic nitrogens is 4. The van der Waals surface area contributed by atoms with Crippen molar-refractivity contribution in [3.05, 3.63) is 71.3 Å². The van der Waals surface area contributed by atoms with Gasteiger partial charge in [0.05, 0.1) is 11.9 Å². The smallest absolute Gasteiger partial charge is 0.126 e. The third kappa shape index (κ3) is 3.32. The van der Waals surface area contributed by atoms with E-state index in [2.05, 4.69) is 64.5 Å². The van der Waals surface area contributed by atoms with Gasteiger partial charge >= 0.3 is 0 Å². The average molecular weight is 344 g/mol. The second-order valence-electron chi connectivity index (χ2n) is 7.16. The van der Waals surface area contributed by atoms with Gasteiger partial charge < -0.3 is 0 Å². The highest BCUT2D eigenvalue weighted by Crippen LogP contribution is 2.27. The van der Waals surface area contributed by atoms with Crippen molar-refractivity contribution >= 4 is 16.6 Å². The van der Waals surface area contributed by atoms with Crippen LogP contribution in [0.2, 0.25) is 0 Å². The minimum atomic E-state index is 0.622. The van der Waals surface area contributed by atoms with E-state index < -0.39 is 0 Å². The minimum Gasteiger partial charge on any atom is -0.261 e. The van der Waals surface area contributed by atoms with Gasteiger partial charge in [0, 0.05) is 6.54 Å². The zero-order chi connectivity index (χ0) is 18.1. The van der Waals surface area contributed by atoms with Crippen molar-refractivity contribution in [2.24, 2.45) is 5.92 Å². The zero-order valence-corrected chi connectivity index (χ0v) is 15.6. The molecule has 2 heterocycles. The highest BCUT2D eigenvalue weighted by Gasteiger charge is 2.10. The fraction of sp³-hybridized carbons (Fsp3) is 0.318. The third-order valence-corrected chi connectivity index (χ3v) is 4.99. The van der Waals surface area contributed by atoms with Crippen LogP contribution in [0, 0.1) is 19.8 Å². The Kier molecular flexibility index (Phi) is 4.41. The topological polar surface area (TPSA) is 43.6 Å². The van der Waals surface area contributed by atoms with Gasteiger partial charge in [0.15, 0.2) is 0 Å². The van der Waals surface area contributed by atoms with E-state index in [1.807, 2.05) is 24.7 Å². The predicted molar refractivity (Wildman–Crippen MR) is 106 cm³/mol. The Morgan fingerprint density at radius 3 is 2.69 bits per heavy atom. The summed E-state index contributed by atoms with van der Waals surface area (Å²) in [7, 11) is 0. The minimum absolute atomic E-state index is 0.622. The summed E-state index contributed by atoms with van der Waals surface area (Å²) in [6, 6.07) is 8.95. The van der Waals surface area contributed by atoms with Gasteiger partial charge in [-0.3, -0.25) is 4.68 Å². The number of nitrogens with zero attached hydrogens (tertiary/aromatic N) is 4. The number of aryl methyl sites for hydroxylation is 4. The summed E-state index contributed by atoms with van der Waals surface area (Å²) >= 11 is 0. The maximum absolute atomic E-state index is 4.51. The molecule has 132 valence electrons. The van der Waals surface area contributed by atoms with E-state index in [0.717, 1.165) is 41.9 Å². The summed E-state index contributed by atoms with van der Waals surface area (Å²) in [5, 5.41) is 4.51. The number of hydrogen-bond donors (Lipinski definition) is 0. The van der Waals surface area contributed by atoms with E-state index in [1.165, 1.54) is 16.7 Å². The van der Waals surface area contributed by atoms with Crippen molar-refractivity contribution in [2.75, 3.05) is 0 Å². The van der Waals surface area contributed by atoms with Crippen LogP contribution < -0.4 is 0 Å². The summed E-state index contributed by atoms with van der Waals surface area (Å²) in [5.41, 5.74) is 7.04. The second kappa shape index (κ2) is 6.87. The van der Waals surface area contributed by atoms with E-state index in [9.17, 15) is 0 Å². The van der Waals surface area contributed by atoms with Crippen LogP contribution in [-0.2, 0) is 13.0 Å². The van der Waals surface area contributed by atoms with E-state index in [0.29, 0.717) is 5.92 Å². The Bertz CT molecular complexity index is 993. The van der Waals surface area contributed by atoms with Crippen molar-refractivity contribution in [3.63, 3.8) is 0 Å². The van der Waals surface area contributed by atoms with Crippen molar-refractivity contribution in [2.45, 2.75) is 40.2 Å². The molecule has 1 atom stereocenters. The monoisotopic (exact) mass is 344 g/mol. The molecule has 0 bridgehead atoms. The molecule has 4 nitrogen and oxygen atoms in total. The maximum Gasteiger partial charge on any atom is 0.126 e. The first-order chi connectivity index (χ1) is 12.6. The lowest BCUT2D eigenvalue weighted by atomic mass is 9.91. The molecule has 0 saturated carbocycles. The summed E-state index contributed by atoms with van der Waals surface area (Å²) in [4.78, 5) is 8.95.